The molecule has 1 saturated heterocycles. The number of piperidine rings is 1. The number of hydrogen-bond donors (Lipinski definition) is 2. The van der Waals surface area contributed by atoms with Gasteiger partial charge in [0.25, 0.3) is 0 Å². The van der Waals surface area contributed by atoms with Gasteiger partial charge in [-0.25, -0.2) is 4.39 Å². The number of carbonyl (C=O) groups excluding carboxylic acids is 1. The second-order valence-corrected chi connectivity index (χ2v) is 5.82. The number of nitrogens with zero attached hydrogens (tertiary/aromatic N) is 1. The first-order valence-electron chi connectivity index (χ1n) is 6.99. The number of likely N-dealkylation sites (tertiary alicyclic amines) is 1. The van der Waals surface area contributed by atoms with E-state index in [1.54, 1.807) is 18.2 Å². The van der Waals surface area contributed by atoms with Gasteiger partial charge in [-0.05, 0) is 50.0 Å². The maximum absolute atomic E-state index is 13.4. The summed E-state index contributed by atoms with van der Waals surface area (Å²) in [6.07, 6.45) is 1.99. The van der Waals surface area contributed by atoms with Crippen LogP contribution in [-0.2, 0) is 4.79 Å². The van der Waals surface area contributed by atoms with E-state index < -0.39 is 5.82 Å². The first-order chi connectivity index (χ1) is 9.52. The number of nitrogens with one attached hydrogen (secondary N) is 1. The van der Waals surface area contributed by atoms with Gasteiger partial charge >= 0.3 is 0 Å². The van der Waals surface area contributed by atoms with Gasteiger partial charge < -0.3 is 11.1 Å². The van der Waals surface area contributed by atoms with E-state index in [1.807, 2.05) is 0 Å². The Morgan fingerprint density at radius 3 is 2.65 bits per heavy atom. The summed E-state index contributed by atoms with van der Waals surface area (Å²) in [7, 11) is 0. The van der Waals surface area contributed by atoms with Crippen LogP contribution in [0.1, 0.15) is 19.8 Å². The van der Waals surface area contributed by atoms with Gasteiger partial charge in [-0.15, -0.1) is 0 Å². The van der Waals surface area contributed by atoms with Gasteiger partial charge in [0.2, 0.25) is 5.91 Å². The number of halogens is 1. The lowest BCUT2D eigenvalue weighted by Crippen LogP contribution is -2.44. The van der Waals surface area contributed by atoms with Crippen LogP contribution in [0.2, 0.25) is 0 Å². The molecule has 1 amide bonds. The quantitative estimate of drug-likeness (QED) is 0.884. The number of rotatable bonds is 4. The third kappa shape index (κ3) is 3.77. The van der Waals surface area contributed by atoms with Crippen LogP contribution in [-0.4, -0.2) is 37.0 Å². The summed E-state index contributed by atoms with van der Waals surface area (Å²) in [5.74, 6) is -0.582. The molecule has 0 radical (unpaired) electrons. The summed E-state index contributed by atoms with van der Waals surface area (Å²) >= 11 is 0. The van der Waals surface area contributed by atoms with Gasteiger partial charge in [0.05, 0.1) is 12.2 Å². The third-order valence-electron chi connectivity index (χ3n) is 4.07. The first kappa shape index (κ1) is 14.9. The molecule has 0 saturated carbocycles. The fourth-order valence-electron chi connectivity index (χ4n) is 2.41. The molecule has 20 heavy (non-hydrogen) atoms. The van der Waals surface area contributed by atoms with Crippen LogP contribution in [0.3, 0.4) is 0 Å². The van der Waals surface area contributed by atoms with E-state index in [2.05, 4.69) is 17.1 Å². The normalized spacial score (nSPS) is 18.8. The van der Waals surface area contributed by atoms with Crippen LogP contribution in [0, 0.1) is 11.2 Å². The lowest BCUT2D eigenvalue weighted by Gasteiger charge is -2.38. The molecule has 2 rings (SSSR count). The molecule has 1 aromatic rings. The number of anilines is 1. The van der Waals surface area contributed by atoms with Crippen LogP contribution in [0.25, 0.3) is 0 Å². The SMILES string of the molecule is CC1(CN)CCN(CC(=O)Nc2ccccc2F)CC1. The molecule has 1 aliphatic rings. The number of para-hydroxylation sites is 1. The number of benzene rings is 1. The van der Waals surface area contributed by atoms with Gasteiger partial charge in [0, 0.05) is 0 Å². The molecule has 1 fully saturated rings. The van der Waals surface area contributed by atoms with Crippen LogP contribution in [0.4, 0.5) is 10.1 Å². The Labute approximate surface area is 119 Å². The molecular weight excluding hydrogens is 257 g/mol. The summed E-state index contributed by atoms with van der Waals surface area (Å²) in [4.78, 5) is 14.0. The predicted octanol–water partition coefficient (Wildman–Crippen LogP) is 1.82. The Hall–Kier alpha value is -1.46. The van der Waals surface area contributed by atoms with Crippen LogP contribution < -0.4 is 11.1 Å². The van der Waals surface area contributed by atoms with Crippen LogP contribution >= 0.6 is 0 Å². The van der Waals surface area contributed by atoms with Gasteiger partial charge in [-0.2, -0.15) is 0 Å². The molecule has 110 valence electrons. The second-order valence-electron chi connectivity index (χ2n) is 5.82. The highest BCUT2D eigenvalue weighted by Crippen LogP contribution is 2.29. The van der Waals surface area contributed by atoms with E-state index in [9.17, 15) is 9.18 Å². The van der Waals surface area contributed by atoms with Gasteiger partial charge in [-0.3, -0.25) is 9.69 Å². The molecule has 1 aromatic carbocycles. The molecular formula is C15H22FN3O. The summed E-state index contributed by atoms with van der Waals surface area (Å²) < 4.78 is 13.4. The highest BCUT2D eigenvalue weighted by atomic mass is 19.1. The van der Waals surface area contributed by atoms with Crippen molar-refractivity contribution >= 4 is 11.6 Å². The predicted molar refractivity (Wildman–Crippen MR) is 77.9 cm³/mol. The van der Waals surface area contributed by atoms with Crippen molar-refractivity contribution in [2.75, 3.05) is 31.5 Å². The van der Waals surface area contributed by atoms with Crippen LogP contribution in [0.15, 0.2) is 24.3 Å². The van der Waals surface area contributed by atoms with Crippen molar-refractivity contribution in [2.45, 2.75) is 19.8 Å². The topological polar surface area (TPSA) is 58.4 Å². The lowest BCUT2D eigenvalue weighted by atomic mass is 9.80. The Kier molecular flexibility index (Phi) is 4.73. The Morgan fingerprint density at radius 2 is 2.05 bits per heavy atom. The number of amides is 1. The highest BCUT2D eigenvalue weighted by Gasteiger charge is 2.29. The molecule has 0 unspecified atom stereocenters. The zero-order valence-electron chi connectivity index (χ0n) is 11.9. The summed E-state index contributed by atoms with van der Waals surface area (Å²) in [5, 5.41) is 2.61. The van der Waals surface area contributed by atoms with Gasteiger partial charge in [0.15, 0.2) is 0 Å². The minimum atomic E-state index is -0.407. The molecule has 0 atom stereocenters. The van der Waals surface area contributed by atoms with Crippen molar-refractivity contribution < 1.29 is 9.18 Å². The Balaban J connectivity index is 1.83. The Bertz CT molecular complexity index is 470. The number of hydrogen-bond acceptors (Lipinski definition) is 3. The fraction of sp³-hybridized carbons (Fsp3) is 0.533. The molecule has 1 aliphatic heterocycles. The molecule has 0 aliphatic carbocycles. The lowest BCUT2D eigenvalue weighted by molar-refractivity contribution is -0.117. The van der Waals surface area contributed by atoms with Crippen molar-refractivity contribution in [2.24, 2.45) is 11.1 Å². The molecule has 0 bridgehead atoms. The van der Waals surface area contributed by atoms with E-state index in [4.69, 9.17) is 5.73 Å². The average Bonchev–Trinajstić information content (AvgIpc) is 2.44. The second kappa shape index (κ2) is 6.33. The van der Waals surface area contributed by atoms with E-state index in [1.165, 1.54) is 6.07 Å². The molecule has 0 spiro atoms. The number of nitrogens with two attached hydrogens (primary N) is 1. The third-order valence-corrected chi connectivity index (χ3v) is 4.07. The van der Waals surface area contributed by atoms with Crippen LogP contribution in [0.5, 0.6) is 0 Å². The van der Waals surface area contributed by atoms with Crippen molar-refractivity contribution in [1.29, 1.82) is 0 Å². The van der Waals surface area contributed by atoms with Crippen molar-refractivity contribution in [3.05, 3.63) is 30.1 Å². The smallest absolute Gasteiger partial charge is 0.238 e. The molecule has 5 heteroatoms. The van der Waals surface area contributed by atoms with Gasteiger partial charge in [0.1, 0.15) is 5.82 Å². The minimum absolute atomic E-state index is 0.175. The molecule has 4 nitrogen and oxygen atoms in total. The van der Waals surface area contributed by atoms with Crippen molar-refractivity contribution in [3.8, 4) is 0 Å². The number of carbonyl (C=O) groups is 1. The van der Waals surface area contributed by atoms with E-state index in [0.29, 0.717) is 13.1 Å². The van der Waals surface area contributed by atoms with E-state index in [-0.39, 0.29) is 17.0 Å². The minimum Gasteiger partial charge on any atom is -0.330 e. The first-order valence-corrected chi connectivity index (χ1v) is 6.99. The van der Waals surface area contributed by atoms with Crippen molar-refractivity contribution in [3.63, 3.8) is 0 Å². The largest absolute Gasteiger partial charge is 0.330 e. The zero-order valence-corrected chi connectivity index (χ0v) is 11.9. The standard InChI is InChI=1S/C15H22FN3O/c1-15(11-17)6-8-19(9-7-15)10-14(20)18-13-5-3-2-4-12(13)16/h2-5H,6-11,17H2,1H3,(H,18,20). The monoisotopic (exact) mass is 279 g/mol. The van der Waals surface area contributed by atoms with Gasteiger partial charge in [-0.1, -0.05) is 19.1 Å². The van der Waals surface area contributed by atoms with Crippen molar-refractivity contribution in [1.82, 2.24) is 4.90 Å². The summed E-state index contributed by atoms with van der Waals surface area (Å²) in [6, 6.07) is 6.20. The zero-order chi connectivity index (χ0) is 14.6. The van der Waals surface area contributed by atoms with E-state index >= 15 is 0 Å². The molecule has 0 aromatic heterocycles. The highest BCUT2D eigenvalue weighted by molar-refractivity contribution is 5.92. The summed E-state index contributed by atoms with van der Waals surface area (Å²) in [5.41, 5.74) is 6.19. The molecule has 1 heterocycles. The Morgan fingerprint density at radius 1 is 1.40 bits per heavy atom. The molecule has 3 N–H and O–H groups in total. The fourth-order valence-corrected chi connectivity index (χ4v) is 2.41. The maximum Gasteiger partial charge on any atom is 0.238 e. The average molecular weight is 279 g/mol. The maximum atomic E-state index is 13.4. The van der Waals surface area contributed by atoms with E-state index in [0.717, 1.165) is 25.9 Å². The summed E-state index contributed by atoms with van der Waals surface area (Å²) in [6.45, 7) is 4.89.